The number of hydrogen-bond acceptors (Lipinski definition) is 6. The normalized spacial score (nSPS) is 22.3. The van der Waals surface area contributed by atoms with Gasteiger partial charge >= 0.3 is 0 Å². The van der Waals surface area contributed by atoms with Gasteiger partial charge in [0.1, 0.15) is 5.92 Å². The molecule has 0 unspecified atom stereocenters. The summed E-state index contributed by atoms with van der Waals surface area (Å²) in [5.74, 6) is -1.59. The van der Waals surface area contributed by atoms with E-state index in [1.54, 1.807) is 24.3 Å². The minimum Gasteiger partial charge on any atom is -0.273 e. The van der Waals surface area contributed by atoms with Gasteiger partial charge < -0.3 is 0 Å². The van der Waals surface area contributed by atoms with Crippen LogP contribution in [-0.2, 0) is 14.4 Å². The second kappa shape index (κ2) is 7.58. The molecule has 3 aromatic rings. The van der Waals surface area contributed by atoms with Crippen LogP contribution in [0.5, 0.6) is 0 Å². The van der Waals surface area contributed by atoms with Gasteiger partial charge in [0.15, 0.2) is 6.10 Å². The van der Waals surface area contributed by atoms with E-state index >= 15 is 0 Å². The van der Waals surface area contributed by atoms with Gasteiger partial charge in [-0.05, 0) is 30.7 Å². The van der Waals surface area contributed by atoms with E-state index in [1.165, 1.54) is 22.1 Å². The van der Waals surface area contributed by atoms with Gasteiger partial charge in [-0.25, -0.2) is 9.96 Å². The molecule has 2 heterocycles. The van der Waals surface area contributed by atoms with Crippen LogP contribution in [0.25, 0.3) is 0 Å². The van der Waals surface area contributed by atoms with Crippen LogP contribution < -0.4 is 9.96 Å². The van der Waals surface area contributed by atoms with Gasteiger partial charge in [-0.15, -0.1) is 0 Å². The molecule has 0 aliphatic carbocycles. The maximum absolute atomic E-state index is 13.5. The lowest BCUT2D eigenvalue weighted by molar-refractivity contribution is -0.384. The highest BCUT2D eigenvalue weighted by Crippen LogP contribution is 2.47. The Morgan fingerprint density at radius 2 is 1.59 bits per heavy atom. The number of rotatable bonds is 4. The summed E-state index contributed by atoms with van der Waals surface area (Å²) in [6.07, 6.45) is -1.02. The zero-order valence-electron chi connectivity index (χ0n) is 17.1. The van der Waals surface area contributed by atoms with E-state index in [-0.39, 0.29) is 11.6 Å². The van der Waals surface area contributed by atoms with Gasteiger partial charge in [-0.1, -0.05) is 54.1 Å². The number of nitrogens with zero attached hydrogens (tertiary/aromatic N) is 3. The second-order valence-corrected chi connectivity index (χ2v) is 7.86. The standard InChI is InChI=1S/C24H19N3O5/c1-15-10-12-17(13-11-15)25-23(28)20-21(16-6-3-2-4-7-16)26(32-22(20)24(25)29)18-8-5-9-19(14-18)27(30)31/h2-14,20-22H,1H3/t20-,21-,22+/m1/s1. The van der Waals surface area contributed by atoms with Crippen molar-refractivity contribution in [2.24, 2.45) is 5.92 Å². The first-order chi connectivity index (χ1) is 15.5. The maximum atomic E-state index is 13.5. The van der Waals surface area contributed by atoms with Crippen molar-refractivity contribution < 1.29 is 19.3 Å². The quantitative estimate of drug-likeness (QED) is 0.354. The number of aryl methyl sites for hydroxylation is 1. The number of imide groups is 1. The number of nitro groups is 1. The Morgan fingerprint density at radius 3 is 2.28 bits per heavy atom. The third-order valence-corrected chi connectivity index (χ3v) is 5.84. The number of anilines is 2. The highest BCUT2D eigenvalue weighted by molar-refractivity contribution is 6.23. The van der Waals surface area contributed by atoms with Gasteiger partial charge in [0.25, 0.3) is 11.6 Å². The van der Waals surface area contributed by atoms with Crippen molar-refractivity contribution >= 4 is 28.9 Å². The molecular formula is C24H19N3O5. The molecule has 160 valence electrons. The zero-order valence-corrected chi connectivity index (χ0v) is 17.1. The molecule has 8 heteroatoms. The van der Waals surface area contributed by atoms with Crippen molar-refractivity contribution in [3.63, 3.8) is 0 Å². The third-order valence-electron chi connectivity index (χ3n) is 5.84. The number of carbonyl (C=O) groups is 2. The molecule has 0 aromatic heterocycles. The largest absolute Gasteiger partial charge is 0.273 e. The molecular weight excluding hydrogens is 410 g/mol. The number of hydrogen-bond donors (Lipinski definition) is 0. The van der Waals surface area contributed by atoms with Crippen LogP contribution in [0.15, 0.2) is 78.9 Å². The van der Waals surface area contributed by atoms with Crippen molar-refractivity contribution in [1.82, 2.24) is 0 Å². The van der Waals surface area contributed by atoms with E-state index in [0.717, 1.165) is 11.1 Å². The number of hydroxylamine groups is 1. The lowest BCUT2D eigenvalue weighted by atomic mass is 9.90. The van der Waals surface area contributed by atoms with E-state index in [4.69, 9.17) is 4.84 Å². The highest BCUT2D eigenvalue weighted by Gasteiger charge is 2.60. The van der Waals surface area contributed by atoms with Gasteiger partial charge in [0.05, 0.1) is 22.3 Å². The molecule has 2 aliphatic heterocycles. The molecule has 2 aliphatic rings. The average molecular weight is 429 g/mol. The molecule has 0 saturated carbocycles. The van der Waals surface area contributed by atoms with Crippen LogP contribution >= 0.6 is 0 Å². The Bertz CT molecular complexity index is 1210. The molecule has 5 rings (SSSR count). The van der Waals surface area contributed by atoms with Crippen molar-refractivity contribution in [2.75, 3.05) is 9.96 Å². The Morgan fingerprint density at radius 1 is 0.875 bits per heavy atom. The number of fused-ring (bicyclic) bond motifs is 1. The van der Waals surface area contributed by atoms with Gasteiger partial charge in [-0.3, -0.25) is 24.5 Å². The van der Waals surface area contributed by atoms with Crippen LogP contribution in [0.3, 0.4) is 0 Å². The minimum atomic E-state index is -1.02. The monoisotopic (exact) mass is 429 g/mol. The number of carbonyl (C=O) groups excluding carboxylic acids is 2. The summed E-state index contributed by atoms with van der Waals surface area (Å²) in [6.45, 7) is 1.93. The smallest absolute Gasteiger partial charge is 0.271 e. The Hall–Kier alpha value is -4.04. The predicted molar refractivity (Wildman–Crippen MR) is 117 cm³/mol. The summed E-state index contributed by atoms with van der Waals surface area (Å²) < 4.78 is 0. The van der Waals surface area contributed by atoms with Crippen LogP contribution in [0, 0.1) is 23.0 Å². The zero-order chi connectivity index (χ0) is 22.4. The minimum absolute atomic E-state index is 0.103. The maximum Gasteiger partial charge on any atom is 0.271 e. The first kappa shape index (κ1) is 19.9. The number of amides is 2. The van der Waals surface area contributed by atoms with E-state index in [1.807, 2.05) is 49.4 Å². The van der Waals surface area contributed by atoms with Gasteiger partial charge in [0.2, 0.25) is 5.91 Å². The summed E-state index contributed by atoms with van der Waals surface area (Å²) in [4.78, 5) is 44.8. The fourth-order valence-corrected chi connectivity index (χ4v) is 4.32. The molecule has 8 nitrogen and oxygen atoms in total. The summed E-state index contributed by atoms with van der Waals surface area (Å²) in [5.41, 5.74) is 2.60. The van der Waals surface area contributed by atoms with E-state index in [2.05, 4.69) is 0 Å². The summed E-state index contributed by atoms with van der Waals surface area (Å²) >= 11 is 0. The molecule has 2 amide bonds. The fraction of sp³-hybridized carbons (Fsp3) is 0.167. The van der Waals surface area contributed by atoms with Crippen LogP contribution in [0.1, 0.15) is 17.2 Å². The van der Waals surface area contributed by atoms with Crippen molar-refractivity contribution in [3.8, 4) is 0 Å². The van der Waals surface area contributed by atoms with Gasteiger partial charge in [-0.2, -0.15) is 0 Å². The Labute approximate surface area is 183 Å². The van der Waals surface area contributed by atoms with E-state index < -0.39 is 28.9 Å². The van der Waals surface area contributed by atoms with Crippen LogP contribution in [0.4, 0.5) is 17.1 Å². The second-order valence-electron chi connectivity index (χ2n) is 7.86. The predicted octanol–water partition coefficient (Wildman–Crippen LogP) is 3.95. The average Bonchev–Trinajstić information content (AvgIpc) is 3.31. The van der Waals surface area contributed by atoms with Crippen LogP contribution in [0.2, 0.25) is 0 Å². The van der Waals surface area contributed by atoms with Gasteiger partial charge in [0, 0.05) is 12.1 Å². The van der Waals surface area contributed by atoms with E-state index in [0.29, 0.717) is 11.4 Å². The van der Waals surface area contributed by atoms with Crippen molar-refractivity contribution in [2.45, 2.75) is 19.1 Å². The third kappa shape index (κ3) is 3.12. The van der Waals surface area contributed by atoms with Crippen molar-refractivity contribution in [3.05, 3.63) is 100 Å². The lowest BCUT2D eigenvalue weighted by Gasteiger charge is -2.28. The lowest BCUT2D eigenvalue weighted by Crippen LogP contribution is -2.37. The molecule has 0 N–H and O–H groups in total. The molecule has 2 fully saturated rings. The SMILES string of the molecule is Cc1ccc(N2C(=O)[C@H]3[C@H](ON(c4cccc([N+](=O)[O-])c4)[C@@H]3c3ccccc3)C2=O)cc1. The first-order valence-electron chi connectivity index (χ1n) is 10.2. The molecule has 0 bridgehead atoms. The van der Waals surface area contributed by atoms with Crippen molar-refractivity contribution in [1.29, 1.82) is 0 Å². The highest BCUT2D eigenvalue weighted by atomic mass is 16.7. The summed E-state index contributed by atoms with van der Waals surface area (Å²) in [7, 11) is 0. The van der Waals surface area contributed by atoms with E-state index in [9.17, 15) is 19.7 Å². The molecule has 0 radical (unpaired) electrons. The number of benzene rings is 3. The molecule has 3 atom stereocenters. The molecule has 3 aromatic carbocycles. The molecule has 0 spiro atoms. The van der Waals surface area contributed by atoms with Crippen LogP contribution in [-0.4, -0.2) is 22.8 Å². The molecule has 2 saturated heterocycles. The summed E-state index contributed by atoms with van der Waals surface area (Å²) in [5, 5.41) is 12.7. The Balaban J connectivity index is 1.58. The molecule has 32 heavy (non-hydrogen) atoms. The topological polar surface area (TPSA) is 93.0 Å². The number of nitro benzene ring substituents is 1. The summed E-state index contributed by atoms with van der Waals surface area (Å²) in [6, 6.07) is 21.8. The Kier molecular flexibility index (Phi) is 4.71. The number of non-ortho nitro benzene ring substituents is 1. The fourth-order valence-electron chi connectivity index (χ4n) is 4.32. The first-order valence-corrected chi connectivity index (χ1v) is 10.2.